The third-order valence-electron chi connectivity index (χ3n) is 5.41. The van der Waals surface area contributed by atoms with Crippen molar-refractivity contribution >= 4 is 11.6 Å². The first-order chi connectivity index (χ1) is 14.2. The molecule has 3 aliphatic rings. The molecule has 0 spiro atoms. The van der Waals surface area contributed by atoms with Gasteiger partial charge in [-0.05, 0) is 31.2 Å². The first-order valence-electron chi connectivity index (χ1n) is 9.55. The zero-order chi connectivity index (χ0) is 20.0. The highest BCUT2D eigenvalue weighted by Gasteiger charge is 2.35. The lowest BCUT2D eigenvalue weighted by Gasteiger charge is -2.30. The molecule has 0 saturated carbocycles. The molecule has 8 nitrogen and oxygen atoms in total. The van der Waals surface area contributed by atoms with E-state index in [0.717, 1.165) is 24.1 Å². The fourth-order valence-corrected chi connectivity index (χ4v) is 3.99. The van der Waals surface area contributed by atoms with E-state index in [2.05, 4.69) is 17.3 Å². The van der Waals surface area contributed by atoms with Crippen molar-refractivity contribution in [1.82, 2.24) is 4.90 Å². The fraction of sp³-hybridized carbons (Fsp3) is 0.381. The normalized spacial score (nSPS) is 19.4. The highest BCUT2D eigenvalue weighted by Crippen LogP contribution is 2.52. The molecule has 152 valence electrons. The van der Waals surface area contributed by atoms with Crippen molar-refractivity contribution in [3.8, 4) is 28.7 Å². The largest absolute Gasteiger partial charge is 0.492 e. The molecule has 0 bridgehead atoms. The maximum absolute atomic E-state index is 13.0. The summed E-state index contributed by atoms with van der Waals surface area (Å²) in [5, 5.41) is 3.01. The number of benzene rings is 2. The van der Waals surface area contributed by atoms with Gasteiger partial charge in [-0.15, -0.1) is 0 Å². The van der Waals surface area contributed by atoms with Gasteiger partial charge in [0.25, 0.3) is 5.91 Å². The number of nitrogens with one attached hydrogen (secondary N) is 1. The van der Waals surface area contributed by atoms with Crippen LogP contribution in [0.5, 0.6) is 28.7 Å². The average molecular weight is 398 g/mol. The molecule has 0 unspecified atom stereocenters. The Hall–Kier alpha value is -3.13. The van der Waals surface area contributed by atoms with E-state index in [0.29, 0.717) is 41.0 Å². The molecule has 2 aromatic carbocycles. The molecular weight excluding hydrogens is 376 g/mol. The van der Waals surface area contributed by atoms with Crippen LogP contribution in [0.15, 0.2) is 24.3 Å². The van der Waals surface area contributed by atoms with Gasteiger partial charge in [0.15, 0.2) is 23.0 Å². The standard InChI is InChI=1S/C21H22N2O6/c1-23-8-7-12-13(9-23)18(25-2)20-19(27-11-28-20)17(12)22-21(24)16-10-26-14-5-3-4-6-15(14)29-16/h3-6,16H,7-11H2,1-2H3,(H,22,24)/t16-/m0/s1. The number of fused-ring (bicyclic) bond motifs is 3. The lowest BCUT2D eigenvalue weighted by molar-refractivity contribution is -0.125. The van der Waals surface area contributed by atoms with Crippen molar-refractivity contribution in [3.63, 3.8) is 0 Å². The fourth-order valence-electron chi connectivity index (χ4n) is 3.99. The Labute approximate surface area is 168 Å². The predicted octanol–water partition coefficient (Wildman–Crippen LogP) is 2.19. The van der Waals surface area contributed by atoms with Crippen molar-refractivity contribution in [2.45, 2.75) is 19.1 Å². The summed E-state index contributed by atoms with van der Waals surface area (Å²) in [5.74, 6) is 2.62. The number of rotatable bonds is 3. The highest BCUT2D eigenvalue weighted by molar-refractivity contribution is 5.98. The van der Waals surface area contributed by atoms with Gasteiger partial charge in [-0.25, -0.2) is 0 Å². The van der Waals surface area contributed by atoms with Crippen molar-refractivity contribution in [3.05, 3.63) is 35.4 Å². The summed E-state index contributed by atoms with van der Waals surface area (Å²) in [6, 6.07) is 7.31. The van der Waals surface area contributed by atoms with Gasteiger partial charge in [-0.2, -0.15) is 0 Å². The van der Waals surface area contributed by atoms with Gasteiger partial charge in [0.2, 0.25) is 18.6 Å². The summed E-state index contributed by atoms with van der Waals surface area (Å²) in [5.41, 5.74) is 2.65. The summed E-state index contributed by atoms with van der Waals surface area (Å²) in [6.07, 6.45) is 0.00569. The summed E-state index contributed by atoms with van der Waals surface area (Å²) in [7, 11) is 3.67. The number of anilines is 1. The zero-order valence-corrected chi connectivity index (χ0v) is 16.3. The topological polar surface area (TPSA) is 78.5 Å². The van der Waals surface area contributed by atoms with Gasteiger partial charge in [0, 0.05) is 18.7 Å². The molecule has 1 atom stereocenters. The summed E-state index contributed by atoms with van der Waals surface area (Å²) < 4.78 is 28.5. The lowest BCUT2D eigenvalue weighted by Crippen LogP contribution is -2.40. The Kier molecular flexibility index (Phi) is 4.35. The van der Waals surface area contributed by atoms with Gasteiger partial charge in [-0.1, -0.05) is 12.1 Å². The van der Waals surface area contributed by atoms with Crippen LogP contribution in [-0.4, -0.2) is 51.0 Å². The second-order valence-corrected chi connectivity index (χ2v) is 7.27. The van der Waals surface area contributed by atoms with Crippen LogP contribution in [0.3, 0.4) is 0 Å². The molecule has 5 rings (SSSR count). The van der Waals surface area contributed by atoms with Crippen LogP contribution >= 0.6 is 0 Å². The van der Waals surface area contributed by atoms with Gasteiger partial charge in [0.05, 0.1) is 12.8 Å². The highest BCUT2D eigenvalue weighted by atomic mass is 16.7. The Morgan fingerprint density at radius 3 is 2.76 bits per heavy atom. The lowest BCUT2D eigenvalue weighted by atomic mass is 9.95. The third-order valence-corrected chi connectivity index (χ3v) is 5.41. The minimum atomic E-state index is -0.758. The molecule has 0 fully saturated rings. The molecule has 29 heavy (non-hydrogen) atoms. The zero-order valence-electron chi connectivity index (χ0n) is 16.3. The summed E-state index contributed by atoms with van der Waals surface area (Å²) >= 11 is 0. The number of likely N-dealkylation sites (N-methyl/N-ethyl adjacent to an activating group) is 1. The number of para-hydroxylation sites is 2. The van der Waals surface area contributed by atoms with E-state index in [9.17, 15) is 4.79 Å². The van der Waals surface area contributed by atoms with E-state index in [1.165, 1.54) is 0 Å². The Balaban J connectivity index is 1.48. The monoisotopic (exact) mass is 398 g/mol. The maximum Gasteiger partial charge on any atom is 0.269 e. The average Bonchev–Trinajstić information content (AvgIpc) is 3.22. The number of amides is 1. The molecule has 0 aliphatic carbocycles. The summed E-state index contributed by atoms with van der Waals surface area (Å²) in [4.78, 5) is 15.2. The number of hydrogen-bond acceptors (Lipinski definition) is 7. The van der Waals surface area contributed by atoms with Crippen molar-refractivity contribution in [1.29, 1.82) is 0 Å². The van der Waals surface area contributed by atoms with E-state index in [1.54, 1.807) is 13.2 Å². The molecule has 1 N–H and O–H groups in total. The van der Waals surface area contributed by atoms with Crippen molar-refractivity contribution in [2.24, 2.45) is 0 Å². The van der Waals surface area contributed by atoms with Crippen LogP contribution in [-0.2, 0) is 17.8 Å². The number of methoxy groups -OCH3 is 1. The SMILES string of the molecule is COc1c2c(c(NC(=O)[C@@H]3COc4ccccc4O3)c3c1OCO3)CCN(C)C2. The Morgan fingerprint density at radius 1 is 1.14 bits per heavy atom. The summed E-state index contributed by atoms with van der Waals surface area (Å²) in [6.45, 7) is 1.80. The first-order valence-corrected chi connectivity index (χ1v) is 9.55. The van der Waals surface area contributed by atoms with Crippen molar-refractivity contribution < 1.29 is 28.5 Å². The molecule has 0 saturated heterocycles. The van der Waals surface area contributed by atoms with E-state index in [1.807, 2.05) is 18.2 Å². The van der Waals surface area contributed by atoms with Crippen molar-refractivity contribution in [2.75, 3.05) is 39.4 Å². The predicted molar refractivity (Wildman–Crippen MR) is 104 cm³/mol. The number of ether oxygens (including phenoxy) is 5. The molecule has 8 heteroatoms. The van der Waals surface area contributed by atoms with E-state index >= 15 is 0 Å². The van der Waals surface area contributed by atoms with Crippen LogP contribution in [0.2, 0.25) is 0 Å². The molecule has 3 heterocycles. The second-order valence-electron chi connectivity index (χ2n) is 7.27. The van der Waals surface area contributed by atoms with Crippen LogP contribution in [0, 0.1) is 0 Å². The first kappa shape index (κ1) is 17.9. The number of carbonyl (C=O) groups excluding carboxylic acids is 1. The Morgan fingerprint density at radius 2 is 1.93 bits per heavy atom. The smallest absolute Gasteiger partial charge is 0.269 e. The van der Waals surface area contributed by atoms with Crippen LogP contribution in [0.4, 0.5) is 5.69 Å². The molecule has 3 aliphatic heterocycles. The van der Waals surface area contributed by atoms with Gasteiger partial charge >= 0.3 is 0 Å². The van der Waals surface area contributed by atoms with Crippen LogP contribution < -0.4 is 29.0 Å². The molecule has 2 aromatic rings. The molecule has 0 radical (unpaired) electrons. The minimum absolute atomic E-state index is 0.0870. The van der Waals surface area contributed by atoms with Gasteiger partial charge < -0.3 is 33.9 Å². The molecular formula is C21H22N2O6. The number of carbonyl (C=O) groups is 1. The molecule has 1 amide bonds. The maximum atomic E-state index is 13.0. The van der Waals surface area contributed by atoms with Crippen LogP contribution in [0.25, 0.3) is 0 Å². The van der Waals surface area contributed by atoms with E-state index in [4.69, 9.17) is 23.7 Å². The van der Waals surface area contributed by atoms with Gasteiger partial charge in [0.1, 0.15) is 6.61 Å². The number of hydrogen-bond donors (Lipinski definition) is 1. The van der Waals surface area contributed by atoms with E-state index < -0.39 is 6.10 Å². The second kappa shape index (κ2) is 7.04. The minimum Gasteiger partial charge on any atom is -0.492 e. The Bertz CT molecular complexity index is 976. The molecule has 0 aromatic heterocycles. The van der Waals surface area contributed by atoms with Crippen LogP contribution in [0.1, 0.15) is 11.1 Å². The van der Waals surface area contributed by atoms with E-state index in [-0.39, 0.29) is 19.3 Å². The number of nitrogens with zero attached hydrogens (tertiary/aromatic N) is 1. The van der Waals surface area contributed by atoms with Gasteiger partial charge in [-0.3, -0.25) is 4.79 Å². The quantitative estimate of drug-likeness (QED) is 0.849. The third kappa shape index (κ3) is 3.00.